The molecule has 1 aliphatic heterocycles. The van der Waals surface area contributed by atoms with Crippen LogP contribution < -0.4 is 10.6 Å². The van der Waals surface area contributed by atoms with E-state index in [9.17, 15) is 4.79 Å². The summed E-state index contributed by atoms with van der Waals surface area (Å²) in [6.45, 7) is 3.15. The van der Waals surface area contributed by atoms with Crippen LogP contribution in [-0.2, 0) is 9.53 Å². The lowest BCUT2D eigenvalue weighted by Crippen LogP contribution is -2.50. The lowest BCUT2D eigenvalue weighted by Gasteiger charge is -2.35. The Hall–Kier alpha value is -1.25. The topological polar surface area (TPSA) is 84.6 Å². The van der Waals surface area contributed by atoms with Crippen molar-refractivity contribution in [2.45, 2.75) is 12.5 Å². The minimum absolute atomic E-state index is 0.0867. The van der Waals surface area contributed by atoms with Crippen LogP contribution in [0.1, 0.15) is 6.42 Å². The summed E-state index contributed by atoms with van der Waals surface area (Å²) < 4.78 is 6.01. The van der Waals surface area contributed by atoms with Crippen molar-refractivity contribution in [1.29, 1.82) is 0 Å². The van der Waals surface area contributed by atoms with Crippen molar-refractivity contribution in [3.63, 3.8) is 0 Å². The van der Waals surface area contributed by atoms with Gasteiger partial charge in [-0.2, -0.15) is 0 Å². The fourth-order valence-electron chi connectivity index (χ4n) is 2.21. The highest BCUT2D eigenvalue weighted by atomic mass is 79.9. The van der Waals surface area contributed by atoms with Gasteiger partial charge in [-0.15, -0.1) is 0 Å². The predicted molar refractivity (Wildman–Crippen MR) is 83.0 cm³/mol. The largest absolute Gasteiger partial charge is 0.380 e. The van der Waals surface area contributed by atoms with Crippen LogP contribution in [0.2, 0.25) is 0 Å². The van der Waals surface area contributed by atoms with Crippen molar-refractivity contribution in [3.05, 3.63) is 16.9 Å². The zero-order valence-corrected chi connectivity index (χ0v) is 13.6. The third-order valence-electron chi connectivity index (χ3n) is 3.52. The van der Waals surface area contributed by atoms with Gasteiger partial charge < -0.3 is 20.3 Å². The summed E-state index contributed by atoms with van der Waals surface area (Å²) in [4.78, 5) is 24.6. The maximum absolute atomic E-state index is 12.1. The Morgan fingerprint density at radius 3 is 2.52 bits per heavy atom. The number of ether oxygens (including phenoxy) is 1. The lowest BCUT2D eigenvalue weighted by atomic mass is 10.2. The van der Waals surface area contributed by atoms with Crippen molar-refractivity contribution in [2.75, 3.05) is 44.7 Å². The molecule has 1 saturated heterocycles. The number of piperazine rings is 1. The maximum atomic E-state index is 12.1. The summed E-state index contributed by atoms with van der Waals surface area (Å²) in [5.74, 6) is 0.783. The van der Waals surface area contributed by atoms with Crippen molar-refractivity contribution in [2.24, 2.45) is 5.73 Å². The standard InChI is InChI=1S/C13H20BrN5O2/c1-21-11(7-15)6-12(20)18-2-4-19(5-3-18)13-16-8-10(14)9-17-13/h8-9,11H,2-7,15H2,1H3. The maximum Gasteiger partial charge on any atom is 0.225 e. The van der Waals surface area contributed by atoms with E-state index in [4.69, 9.17) is 10.5 Å². The molecule has 1 aromatic rings. The minimum Gasteiger partial charge on any atom is -0.380 e. The van der Waals surface area contributed by atoms with Gasteiger partial charge in [-0.25, -0.2) is 9.97 Å². The number of aromatic nitrogens is 2. The predicted octanol–water partition coefficient (Wildman–Crippen LogP) is 0.252. The number of nitrogens with two attached hydrogens (primary N) is 1. The van der Waals surface area contributed by atoms with Crippen molar-refractivity contribution in [3.8, 4) is 0 Å². The van der Waals surface area contributed by atoms with Crippen LogP contribution in [0.25, 0.3) is 0 Å². The van der Waals surface area contributed by atoms with E-state index in [1.165, 1.54) is 0 Å². The molecule has 2 rings (SSSR count). The van der Waals surface area contributed by atoms with Gasteiger partial charge in [-0.3, -0.25) is 4.79 Å². The molecule has 1 amide bonds. The fourth-order valence-corrected chi connectivity index (χ4v) is 2.42. The monoisotopic (exact) mass is 357 g/mol. The number of rotatable bonds is 5. The molecule has 7 nitrogen and oxygen atoms in total. The van der Waals surface area contributed by atoms with Gasteiger partial charge in [0.2, 0.25) is 11.9 Å². The Balaban J connectivity index is 1.85. The average Bonchev–Trinajstić information content (AvgIpc) is 2.53. The van der Waals surface area contributed by atoms with Crippen molar-refractivity contribution < 1.29 is 9.53 Å². The molecule has 0 aromatic carbocycles. The molecule has 1 aromatic heterocycles. The third kappa shape index (κ3) is 4.36. The first kappa shape index (κ1) is 16.1. The SMILES string of the molecule is COC(CN)CC(=O)N1CCN(c2ncc(Br)cn2)CC1. The van der Waals surface area contributed by atoms with Gasteiger partial charge >= 0.3 is 0 Å². The number of hydrogen-bond donors (Lipinski definition) is 1. The molecule has 116 valence electrons. The van der Waals surface area contributed by atoms with E-state index >= 15 is 0 Å². The van der Waals surface area contributed by atoms with E-state index in [1.807, 2.05) is 4.90 Å². The fraction of sp³-hybridized carbons (Fsp3) is 0.615. The first-order chi connectivity index (χ1) is 10.1. The number of nitrogens with zero attached hydrogens (tertiary/aromatic N) is 4. The van der Waals surface area contributed by atoms with Gasteiger partial charge in [0, 0.05) is 52.2 Å². The molecular weight excluding hydrogens is 338 g/mol. The quantitative estimate of drug-likeness (QED) is 0.813. The van der Waals surface area contributed by atoms with Crippen molar-refractivity contribution >= 4 is 27.8 Å². The molecule has 1 fully saturated rings. The van der Waals surface area contributed by atoms with Gasteiger partial charge in [-0.05, 0) is 15.9 Å². The molecule has 1 unspecified atom stereocenters. The molecule has 1 atom stereocenters. The Bertz CT molecular complexity index is 458. The molecule has 0 spiro atoms. The number of carbonyl (C=O) groups excluding carboxylic acids is 1. The van der Waals surface area contributed by atoms with E-state index in [2.05, 4.69) is 30.8 Å². The second kappa shape index (κ2) is 7.67. The van der Waals surface area contributed by atoms with Crippen LogP contribution in [0, 0.1) is 0 Å². The normalized spacial score (nSPS) is 16.9. The molecule has 0 aliphatic carbocycles. The smallest absolute Gasteiger partial charge is 0.225 e. The number of carbonyl (C=O) groups is 1. The zero-order chi connectivity index (χ0) is 15.2. The molecule has 0 bridgehead atoms. The molecular formula is C13H20BrN5O2. The number of amides is 1. The summed E-state index contributed by atoms with van der Waals surface area (Å²) in [5, 5.41) is 0. The molecule has 2 heterocycles. The van der Waals surface area contributed by atoms with E-state index in [0.717, 1.165) is 17.6 Å². The molecule has 1 aliphatic rings. The second-order valence-electron chi connectivity index (χ2n) is 4.87. The van der Waals surface area contributed by atoms with Crippen LogP contribution in [0.3, 0.4) is 0 Å². The van der Waals surface area contributed by atoms with E-state index in [1.54, 1.807) is 19.5 Å². The van der Waals surface area contributed by atoms with Crippen LogP contribution in [-0.4, -0.2) is 66.7 Å². The number of halogens is 1. The zero-order valence-electron chi connectivity index (χ0n) is 12.0. The summed E-state index contributed by atoms with van der Waals surface area (Å²) in [7, 11) is 1.58. The second-order valence-corrected chi connectivity index (χ2v) is 5.78. The number of anilines is 1. The van der Waals surface area contributed by atoms with E-state index in [0.29, 0.717) is 32.0 Å². The highest BCUT2D eigenvalue weighted by Gasteiger charge is 2.24. The first-order valence-corrected chi connectivity index (χ1v) is 7.66. The minimum atomic E-state index is -0.203. The van der Waals surface area contributed by atoms with Gasteiger partial charge in [0.25, 0.3) is 0 Å². The Morgan fingerprint density at radius 1 is 1.38 bits per heavy atom. The van der Waals surface area contributed by atoms with E-state index in [-0.39, 0.29) is 12.0 Å². The highest BCUT2D eigenvalue weighted by molar-refractivity contribution is 9.10. The summed E-state index contributed by atoms with van der Waals surface area (Å²) >= 11 is 3.32. The third-order valence-corrected chi connectivity index (χ3v) is 3.93. The number of methoxy groups -OCH3 is 1. The van der Waals surface area contributed by atoms with Crippen LogP contribution in [0.5, 0.6) is 0 Å². The van der Waals surface area contributed by atoms with Gasteiger partial charge in [0.15, 0.2) is 0 Å². The number of hydrogen-bond acceptors (Lipinski definition) is 6. The van der Waals surface area contributed by atoms with Crippen LogP contribution >= 0.6 is 15.9 Å². The molecule has 21 heavy (non-hydrogen) atoms. The Labute approximate surface area is 132 Å². The van der Waals surface area contributed by atoms with Crippen LogP contribution in [0.4, 0.5) is 5.95 Å². The summed E-state index contributed by atoms with van der Waals surface area (Å²) in [6, 6.07) is 0. The Morgan fingerprint density at radius 2 is 2.00 bits per heavy atom. The van der Waals surface area contributed by atoms with Gasteiger partial charge in [0.05, 0.1) is 17.0 Å². The molecule has 0 saturated carbocycles. The first-order valence-electron chi connectivity index (χ1n) is 6.87. The van der Waals surface area contributed by atoms with Crippen LogP contribution in [0.15, 0.2) is 16.9 Å². The summed E-state index contributed by atoms with van der Waals surface area (Å²) in [6.07, 6.45) is 3.58. The highest BCUT2D eigenvalue weighted by Crippen LogP contribution is 2.14. The molecule has 8 heteroatoms. The Kier molecular flexibility index (Phi) is 5.89. The van der Waals surface area contributed by atoms with Crippen molar-refractivity contribution in [1.82, 2.24) is 14.9 Å². The van der Waals surface area contributed by atoms with Gasteiger partial charge in [0.1, 0.15) is 0 Å². The molecule has 0 radical (unpaired) electrons. The van der Waals surface area contributed by atoms with Gasteiger partial charge in [-0.1, -0.05) is 0 Å². The summed E-state index contributed by atoms with van der Waals surface area (Å²) in [5.41, 5.74) is 5.55. The molecule has 2 N–H and O–H groups in total. The van der Waals surface area contributed by atoms with E-state index < -0.39 is 0 Å². The average molecular weight is 358 g/mol. The lowest BCUT2D eigenvalue weighted by molar-refractivity contribution is -0.133.